The number of benzene rings is 2. The zero-order chi connectivity index (χ0) is 27.7. The van der Waals surface area contributed by atoms with Crippen LogP contribution in [0.2, 0.25) is 0 Å². The van der Waals surface area contributed by atoms with Crippen LogP contribution in [0, 0.1) is 0 Å². The lowest BCUT2D eigenvalue weighted by Crippen LogP contribution is -2.54. The van der Waals surface area contributed by atoms with Crippen molar-refractivity contribution in [1.82, 2.24) is 19.4 Å². The maximum absolute atomic E-state index is 13.3. The number of hydrogen-bond acceptors (Lipinski definition) is 8. The van der Waals surface area contributed by atoms with Gasteiger partial charge in [0, 0.05) is 51.4 Å². The Morgan fingerprint density at radius 3 is 2.28 bits per heavy atom. The molecule has 2 N–H and O–H groups in total. The number of hydrogen-bond donors (Lipinski definition) is 2. The van der Waals surface area contributed by atoms with Crippen molar-refractivity contribution in [2.24, 2.45) is 0 Å². The SMILES string of the molecule is CCS(=O)(=O)N1CCN(Cc2ccc(CNc3cccc4c3C(=O)N(C3CCC(=O)NC3=O)C4=O)cc2)CC1. The fraction of sp³-hybridized carbons (Fsp3) is 0.407. The molecule has 1 atom stereocenters. The van der Waals surface area contributed by atoms with Crippen molar-refractivity contribution >= 4 is 39.3 Å². The first-order chi connectivity index (χ1) is 18.7. The van der Waals surface area contributed by atoms with Crippen molar-refractivity contribution in [2.45, 2.75) is 38.9 Å². The molecule has 5 rings (SSSR count). The molecule has 11 nitrogen and oxygen atoms in total. The third-order valence-electron chi connectivity index (χ3n) is 7.47. The van der Waals surface area contributed by atoms with Gasteiger partial charge in [-0.1, -0.05) is 30.3 Å². The third-order valence-corrected chi connectivity index (χ3v) is 9.35. The zero-order valence-corrected chi connectivity index (χ0v) is 22.5. The summed E-state index contributed by atoms with van der Waals surface area (Å²) < 4.78 is 25.7. The quantitative estimate of drug-likeness (QED) is 0.465. The monoisotopic (exact) mass is 553 g/mol. The molecule has 0 radical (unpaired) electrons. The van der Waals surface area contributed by atoms with Gasteiger partial charge in [-0.2, -0.15) is 4.31 Å². The van der Waals surface area contributed by atoms with Crippen LogP contribution in [0.4, 0.5) is 5.69 Å². The van der Waals surface area contributed by atoms with E-state index in [-0.39, 0.29) is 29.7 Å². The maximum atomic E-state index is 13.3. The number of fused-ring (bicyclic) bond motifs is 1. The average Bonchev–Trinajstić information content (AvgIpc) is 3.18. The Labute approximate surface area is 227 Å². The van der Waals surface area contributed by atoms with Crippen LogP contribution < -0.4 is 10.6 Å². The molecule has 3 aliphatic heterocycles. The number of rotatable bonds is 8. The van der Waals surface area contributed by atoms with Gasteiger partial charge in [-0.25, -0.2) is 8.42 Å². The summed E-state index contributed by atoms with van der Waals surface area (Å²) in [6.45, 7) is 5.19. The Hall–Kier alpha value is -3.61. The van der Waals surface area contributed by atoms with Crippen molar-refractivity contribution in [3.05, 3.63) is 64.7 Å². The lowest BCUT2D eigenvalue weighted by atomic mass is 10.0. The molecule has 2 saturated heterocycles. The van der Waals surface area contributed by atoms with Crippen LogP contribution in [-0.4, -0.2) is 84.1 Å². The summed E-state index contributed by atoms with van der Waals surface area (Å²) in [5.41, 5.74) is 3.07. The summed E-state index contributed by atoms with van der Waals surface area (Å²) in [4.78, 5) is 53.3. The van der Waals surface area contributed by atoms with E-state index in [4.69, 9.17) is 0 Å². The van der Waals surface area contributed by atoms with E-state index in [0.29, 0.717) is 38.4 Å². The van der Waals surface area contributed by atoms with Crippen LogP contribution in [0.1, 0.15) is 51.6 Å². The molecule has 4 amide bonds. The highest BCUT2D eigenvalue weighted by molar-refractivity contribution is 7.89. The number of imide groups is 2. The second kappa shape index (κ2) is 10.9. The van der Waals surface area contributed by atoms with Crippen LogP contribution in [0.25, 0.3) is 0 Å². The van der Waals surface area contributed by atoms with Crippen molar-refractivity contribution in [1.29, 1.82) is 0 Å². The third kappa shape index (κ3) is 5.45. The first-order valence-electron chi connectivity index (χ1n) is 13.0. The molecule has 2 fully saturated rings. The van der Waals surface area contributed by atoms with Crippen molar-refractivity contribution in [3.63, 3.8) is 0 Å². The molecule has 0 saturated carbocycles. The molecular formula is C27H31N5O6S. The number of nitrogens with zero attached hydrogens (tertiary/aromatic N) is 3. The molecule has 0 bridgehead atoms. The highest BCUT2D eigenvalue weighted by Gasteiger charge is 2.45. The Morgan fingerprint density at radius 1 is 0.923 bits per heavy atom. The molecular weight excluding hydrogens is 522 g/mol. The summed E-state index contributed by atoms with van der Waals surface area (Å²) >= 11 is 0. The minimum absolute atomic E-state index is 0.0713. The minimum Gasteiger partial charge on any atom is -0.380 e. The van der Waals surface area contributed by atoms with Crippen molar-refractivity contribution < 1.29 is 27.6 Å². The number of sulfonamides is 1. The van der Waals surface area contributed by atoms with E-state index in [9.17, 15) is 27.6 Å². The van der Waals surface area contributed by atoms with Gasteiger partial charge in [0.2, 0.25) is 21.8 Å². The maximum Gasteiger partial charge on any atom is 0.264 e. The number of carbonyl (C=O) groups excluding carboxylic acids is 4. The molecule has 3 aliphatic rings. The molecule has 0 aromatic heterocycles. The number of anilines is 1. The molecule has 2 aromatic rings. The predicted molar refractivity (Wildman–Crippen MR) is 143 cm³/mol. The Balaban J connectivity index is 1.20. The Kier molecular flexibility index (Phi) is 7.52. The second-order valence-electron chi connectivity index (χ2n) is 9.92. The fourth-order valence-electron chi connectivity index (χ4n) is 5.23. The summed E-state index contributed by atoms with van der Waals surface area (Å²) in [5.74, 6) is -2.01. The summed E-state index contributed by atoms with van der Waals surface area (Å²) in [6.07, 6.45) is 0.181. The minimum atomic E-state index is -3.15. The lowest BCUT2D eigenvalue weighted by molar-refractivity contribution is -0.136. The van der Waals surface area contributed by atoms with Crippen LogP contribution in [0.5, 0.6) is 0 Å². The zero-order valence-electron chi connectivity index (χ0n) is 21.7. The van der Waals surface area contributed by atoms with Gasteiger partial charge in [-0.3, -0.25) is 34.3 Å². The molecule has 12 heteroatoms. The Morgan fingerprint density at radius 2 is 1.62 bits per heavy atom. The van der Waals surface area contributed by atoms with Crippen molar-refractivity contribution in [3.8, 4) is 0 Å². The highest BCUT2D eigenvalue weighted by atomic mass is 32.2. The smallest absolute Gasteiger partial charge is 0.264 e. The average molecular weight is 554 g/mol. The van der Waals surface area contributed by atoms with Crippen molar-refractivity contribution in [2.75, 3.05) is 37.2 Å². The van der Waals surface area contributed by atoms with E-state index in [1.165, 1.54) is 0 Å². The second-order valence-corrected chi connectivity index (χ2v) is 12.2. The summed E-state index contributed by atoms with van der Waals surface area (Å²) in [6, 6.07) is 12.0. The Bertz CT molecular complexity index is 1420. The number of piperazine rings is 1. The first-order valence-corrected chi connectivity index (χ1v) is 14.7. The fourth-order valence-corrected chi connectivity index (χ4v) is 6.31. The van der Waals surface area contributed by atoms with E-state index in [0.717, 1.165) is 22.6 Å². The van der Waals surface area contributed by atoms with Crippen LogP contribution in [-0.2, 0) is 32.7 Å². The van der Waals surface area contributed by atoms with Crippen LogP contribution >= 0.6 is 0 Å². The number of piperidine rings is 1. The predicted octanol–water partition coefficient (Wildman–Crippen LogP) is 1.17. The van der Waals surface area contributed by atoms with Gasteiger partial charge in [0.1, 0.15) is 6.04 Å². The standard InChI is InChI=1S/C27H31N5O6S/c1-2-39(37,38)31-14-12-30(13-15-31)17-19-8-6-18(7-9-19)16-28-21-5-3-4-20-24(21)27(36)32(26(20)35)22-10-11-23(33)29-25(22)34/h3-9,22,28H,2,10-17H2,1H3,(H,29,33,34). The first kappa shape index (κ1) is 27.0. The van der Waals surface area contributed by atoms with Gasteiger partial charge in [0.15, 0.2) is 0 Å². The molecule has 1 unspecified atom stereocenters. The number of carbonyl (C=O) groups is 4. The summed E-state index contributed by atoms with van der Waals surface area (Å²) in [5, 5.41) is 5.46. The van der Waals surface area contributed by atoms with Gasteiger partial charge < -0.3 is 5.32 Å². The molecule has 206 valence electrons. The molecule has 0 aliphatic carbocycles. The molecule has 2 aromatic carbocycles. The highest BCUT2D eigenvalue weighted by Crippen LogP contribution is 2.32. The summed E-state index contributed by atoms with van der Waals surface area (Å²) in [7, 11) is -3.15. The van der Waals surface area contributed by atoms with E-state index in [2.05, 4.69) is 15.5 Å². The van der Waals surface area contributed by atoms with E-state index in [1.54, 1.807) is 29.4 Å². The largest absolute Gasteiger partial charge is 0.380 e. The van der Waals surface area contributed by atoms with Crippen LogP contribution in [0.15, 0.2) is 42.5 Å². The molecule has 39 heavy (non-hydrogen) atoms. The van der Waals surface area contributed by atoms with Gasteiger partial charge >= 0.3 is 0 Å². The van der Waals surface area contributed by atoms with E-state index < -0.39 is 39.7 Å². The van der Waals surface area contributed by atoms with E-state index >= 15 is 0 Å². The van der Waals surface area contributed by atoms with Gasteiger partial charge in [0.05, 0.1) is 16.9 Å². The molecule has 0 spiro atoms. The molecule has 3 heterocycles. The normalized spacial score (nSPS) is 20.7. The number of amides is 4. The number of nitrogens with one attached hydrogen (secondary N) is 2. The topological polar surface area (TPSA) is 136 Å². The van der Waals surface area contributed by atoms with Gasteiger partial charge in [-0.15, -0.1) is 0 Å². The van der Waals surface area contributed by atoms with Gasteiger partial charge in [-0.05, 0) is 36.6 Å². The van der Waals surface area contributed by atoms with Gasteiger partial charge in [0.25, 0.3) is 11.8 Å². The van der Waals surface area contributed by atoms with Crippen LogP contribution in [0.3, 0.4) is 0 Å². The lowest BCUT2D eigenvalue weighted by Gasteiger charge is -2.33. The van der Waals surface area contributed by atoms with E-state index in [1.807, 2.05) is 24.3 Å².